The zero-order valence-corrected chi connectivity index (χ0v) is 15.2. The molecule has 7 nitrogen and oxygen atoms in total. The number of primary amides is 1. The highest BCUT2D eigenvalue weighted by atomic mass is 35.5. The summed E-state index contributed by atoms with van der Waals surface area (Å²) >= 11 is 12.1. The summed E-state index contributed by atoms with van der Waals surface area (Å²) in [6.45, 7) is 0.174. The Bertz CT molecular complexity index is 879. The molecule has 1 aromatic carbocycles. The van der Waals surface area contributed by atoms with E-state index >= 15 is 0 Å². The van der Waals surface area contributed by atoms with Gasteiger partial charge in [-0.15, -0.1) is 0 Å². The fourth-order valence-electron chi connectivity index (χ4n) is 2.38. The zero-order chi connectivity index (χ0) is 18.7. The molecule has 0 atom stereocenters. The first-order chi connectivity index (χ1) is 11.7. The van der Waals surface area contributed by atoms with Crippen molar-refractivity contribution < 1.29 is 9.59 Å². The van der Waals surface area contributed by atoms with Gasteiger partial charge in [-0.3, -0.25) is 15.0 Å². The van der Waals surface area contributed by atoms with Crippen molar-refractivity contribution in [2.24, 2.45) is 5.73 Å². The number of rotatable bonds is 6. The van der Waals surface area contributed by atoms with Crippen molar-refractivity contribution in [2.45, 2.75) is 6.54 Å². The van der Waals surface area contributed by atoms with Gasteiger partial charge in [-0.05, 0) is 29.8 Å². The molecular formula is C16H17Cl2N5O2. The molecule has 0 radical (unpaired) electrons. The van der Waals surface area contributed by atoms with Gasteiger partial charge in [-0.1, -0.05) is 23.2 Å². The Morgan fingerprint density at radius 1 is 1.28 bits per heavy atom. The number of aromatic nitrogens is 1. The lowest BCUT2D eigenvalue weighted by Gasteiger charge is -2.27. The average Bonchev–Trinajstić information content (AvgIpc) is 2.52. The maximum atomic E-state index is 11.5. The summed E-state index contributed by atoms with van der Waals surface area (Å²) in [6.07, 6.45) is 2.19. The molecule has 0 fully saturated rings. The smallest absolute Gasteiger partial charge is 0.252 e. The van der Waals surface area contributed by atoms with Crippen LogP contribution in [-0.4, -0.2) is 36.0 Å². The molecule has 0 bridgehead atoms. The van der Waals surface area contributed by atoms with Crippen molar-refractivity contribution in [3.05, 3.63) is 57.1 Å². The highest BCUT2D eigenvalue weighted by molar-refractivity contribution is 6.31. The van der Waals surface area contributed by atoms with E-state index in [0.29, 0.717) is 22.7 Å². The number of benzene rings is 1. The lowest BCUT2D eigenvalue weighted by atomic mass is 10.1. The molecule has 0 aliphatic heterocycles. The molecule has 0 saturated carbocycles. The predicted octanol–water partition coefficient (Wildman–Crippen LogP) is 1.86. The number of hydrogen-bond acceptors (Lipinski definition) is 4. The number of amides is 2. The van der Waals surface area contributed by atoms with Gasteiger partial charge in [0.2, 0.25) is 6.41 Å². The number of anilines is 1. The van der Waals surface area contributed by atoms with E-state index < -0.39 is 5.91 Å². The van der Waals surface area contributed by atoms with Gasteiger partial charge in [0, 0.05) is 25.3 Å². The van der Waals surface area contributed by atoms with Crippen molar-refractivity contribution >= 4 is 41.2 Å². The highest BCUT2D eigenvalue weighted by Gasteiger charge is 2.15. The van der Waals surface area contributed by atoms with Gasteiger partial charge in [0.05, 0.1) is 22.8 Å². The van der Waals surface area contributed by atoms with Gasteiger partial charge in [-0.2, -0.15) is 0 Å². The largest absolute Gasteiger partial charge is 0.365 e. The topological polar surface area (TPSA) is 95.4 Å². The maximum absolute atomic E-state index is 11.5. The summed E-state index contributed by atoms with van der Waals surface area (Å²) in [5.74, 6) is -0.740. The van der Waals surface area contributed by atoms with Gasteiger partial charge in [0.1, 0.15) is 5.49 Å². The molecule has 2 rings (SSSR count). The SMILES string of the molecule is CN(C)N(C=O)c1ccc(Cl)cc1Cn1cc(Cl)cc(C(N)=O)c1=N. The minimum absolute atomic E-state index is 0.0101. The van der Waals surface area contributed by atoms with E-state index in [1.807, 2.05) is 0 Å². The number of hydrogen-bond donors (Lipinski definition) is 2. The van der Waals surface area contributed by atoms with Crippen LogP contribution in [0.3, 0.4) is 0 Å². The minimum atomic E-state index is -0.740. The molecule has 9 heteroatoms. The summed E-state index contributed by atoms with van der Waals surface area (Å²) in [4.78, 5) is 22.9. The number of nitrogens with two attached hydrogens (primary N) is 1. The van der Waals surface area contributed by atoms with Crippen LogP contribution >= 0.6 is 23.2 Å². The summed E-state index contributed by atoms with van der Waals surface area (Å²) in [5.41, 5.74) is 6.49. The van der Waals surface area contributed by atoms with Gasteiger partial charge in [-0.25, -0.2) is 10.0 Å². The fraction of sp³-hybridized carbons (Fsp3) is 0.188. The number of pyridine rings is 1. The predicted molar refractivity (Wildman–Crippen MR) is 96.6 cm³/mol. The molecule has 1 aromatic heterocycles. The van der Waals surface area contributed by atoms with E-state index in [0.717, 1.165) is 0 Å². The Balaban J connectivity index is 2.58. The first-order valence-corrected chi connectivity index (χ1v) is 7.94. The minimum Gasteiger partial charge on any atom is -0.365 e. The van der Waals surface area contributed by atoms with E-state index in [9.17, 15) is 9.59 Å². The number of carbonyl (C=O) groups is 2. The van der Waals surface area contributed by atoms with Gasteiger partial charge in [0.25, 0.3) is 5.91 Å². The zero-order valence-electron chi connectivity index (χ0n) is 13.7. The number of hydrazine groups is 1. The Kier molecular flexibility index (Phi) is 5.84. The highest BCUT2D eigenvalue weighted by Crippen LogP contribution is 2.25. The van der Waals surface area contributed by atoms with Crippen LogP contribution in [0.1, 0.15) is 15.9 Å². The lowest BCUT2D eigenvalue weighted by Crippen LogP contribution is -2.37. The number of halogens is 2. The average molecular weight is 382 g/mol. The van der Waals surface area contributed by atoms with E-state index in [4.69, 9.17) is 34.3 Å². The Morgan fingerprint density at radius 3 is 2.52 bits per heavy atom. The van der Waals surface area contributed by atoms with Gasteiger partial charge >= 0.3 is 0 Å². The standard InChI is InChI=1S/C16H17Cl2N5O2/c1-21(2)23(9-24)14-4-3-11(17)5-10(14)7-22-8-12(18)6-13(15(22)19)16(20)25/h3-6,8-9,19H,7H2,1-2H3,(H2,20,25). The molecule has 0 aliphatic rings. The maximum Gasteiger partial charge on any atom is 0.252 e. The molecule has 2 amide bonds. The van der Waals surface area contributed by atoms with E-state index in [-0.39, 0.29) is 22.6 Å². The molecule has 1 heterocycles. The quantitative estimate of drug-likeness (QED) is 0.590. The third-order valence-corrected chi connectivity index (χ3v) is 3.97. The van der Waals surface area contributed by atoms with E-state index in [2.05, 4.69) is 0 Å². The Labute approximate surface area is 154 Å². The molecule has 3 N–H and O–H groups in total. The summed E-state index contributed by atoms with van der Waals surface area (Å²) in [5, 5.41) is 11.9. The molecule has 0 unspecified atom stereocenters. The van der Waals surface area contributed by atoms with Crippen molar-refractivity contribution in [1.82, 2.24) is 9.58 Å². The first-order valence-electron chi connectivity index (χ1n) is 7.19. The molecular weight excluding hydrogens is 365 g/mol. The molecule has 0 aliphatic carbocycles. The van der Waals surface area contributed by atoms with Crippen LogP contribution in [-0.2, 0) is 11.3 Å². The Morgan fingerprint density at radius 2 is 1.96 bits per heavy atom. The Hall–Kier alpha value is -2.35. The van der Waals surface area contributed by atoms with E-state index in [1.54, 1.807) is 37.3 Å². The molecule has 2 aromatic rings. The first kappa shape index (κ1) is 19.0. The second-order valence-corrected chi connectivity index (χ2v) is 6.36. The van der Waals surface area contributed by atoms with Crippen LogP contribution in [0, 0.1) is 5.41 Å². The van der Waals surface area contributed by atoms with Crippen LogP contribution < -0.4 is 16.2 Å². The number of carbonyl (C=O) groups excluding carboxylic acids is 2. The van der Waals surface area contributed by atoms with Crippen molar-refractivity contribution in [3.8, 4) is 0 Å². The third-order valence-electron chi connectivity index (χ3n) is 3.53. The summed E-state index contributed by atoms with van der Waals surface area (Å²) in [7, 11) is 3.45. The van der Waals surface area contributed by atoms with Crippen molar-refractivity contribution in [3.63, 3.8) is 0 Å². The van der Waals surface area contributed by atoms with E-state index in [1.165, 1.54) is 21.8 Å². The lowest BCUT2D eigenvalue weighted by molar-refractivity contribution is -0.109. The van der Waals surface area contributed by atoms with Crippen LogP contribution in [0.15, 0.2) is 30.5 Å². The van der Waals surface area contributed by atoms with Crippen molar-refractivity contribution in [2.75, 3.05) is 19.1 Å². The third kappa shape index (κ3) is 4.19. The molecule has 0 saturated heterocycles. The van der Waals surface area contributed by atoms with Crippen LogP contribution in [0.4, 0.5) is 5.69 Å². The van der Waals surface area contributed by atoms with Crippen LogP contribution in [0.5, 0.6) is 0 Å². The monoisotopic (exact) mass is 381 g/mol. The second kappa shape index (κ2) is 7.69. The van der Waals surface area contributed by atoms with Gasteiger partial charge < -0.3 is 10.3 Å². The van der Waals surface area contributed by atoms with Crippen LogP contribution in [0.2, 0.25) is 10.0 Å². The van der Waals surface area contributed by atoms with Gasteiger partial charge in [0.15, 0.2) is 0 Å². The summed E-state index contributed by atoms with van der Waals surface area (Å²) in [6, 6.07) is 6.41. The summed E-state index contributed by atoms with van der Waals surface area (Å²) < 4.78 is 1.47. The molecule has 0 spiro atoms. The molecule has 25 heavy (non-hydrogen) atoms. The number of nitrogens with zero attached hydrogens (tertiary/aromatic N) is 3. The fourth-order valence-corrected chi connectivity index (χ4v) is 2.80. The normalized spacial score (nSPS) is 10.8. The van der Waals surface area contributed by atoms with Crippen LogP contribution in [0.25, 0.3) is 0 Å². The van der Waals surface area contributed by atoms with Crippen molar-refractivity contribution in [1.29, 1.82) is 5.41 Å². The number of nitrogens with one attached hydrogen (secondary N) is 1. The molecule has 132 valence electrons. The second-order valence-electron chi connectivity index (χ2n) is 5.48.